The van der Waals surface area contributed by atoms with E-state index in [1.807, 2.05) is 31.2 Å². The van der Waals surface area contributed by atoms with Crippen LogP contribution in [-0.2, 0) is 0 Å². The van der Waals surface area contributed by atoms with Crippen LogP contribution in [0.2, 0.25) is 0 Å². The third-order valence-corrected chi connectivity index (χ3v) is 7.30. The van der Waals surface area contributed by atoms with Crippen molar-refractivity contribution in [3.05, 3.63) is 215 Å². The normalized spacial score (nSPS) is 14.9. The third kappa shape index (κ3) is 11.1. The van der Waals surface area contributed by atoms with Gasteiger partial charge in [-0.15, -0.1) is 5.73 Å². The Labute approximate surface area is 272 Å². The Morgan fingerprint density at radius 1 is 0.778 bits per heavy atom. The molecular weight excluding hydrogens is 540 g/mol. The lowest BCUT2D eigenvalue weighted by atomic mass is 9.91. The lowest BCUT2D eigenvalue weighted by Gasteiger charge is -2.13. The fourth-order valence-electron chi connectivity index (χ4n) is 4.77. The molecule has 45 heavy (non-hydrogen) atoms. The van der Waals surface area contributed by atoms with E-state index in [4.69, 9.17) is 0 Å². The van der Waals surface area contributed by atoms with Crippen molar-refractivity contribution in [2.24, 2.45) is 5.92 Å². The Hall–Kier alpha value is -5.16. The third-order valence-electron chi connectivity index (χ3n) is 7.30. The van der Waals surface area contributed by atoms with Crippen molar-refractivity contribution in [1.82, 2.24) is 0 Å². The van der Waals surface area contributed by atoms with Crippen LogP contribution in [0.5, 0.6) is 0 Å². The topological polar surface area (TPSA) is 0 Å². The van der Waals surface area contributed by atoms with Gasteiger partial charge in [0.25, 0.3) is 0 Å². The average molecular weight is 587 g/mol. The van der Waals surface area contributed by atoms with Gasteiger partial charge in [-0.2, -0.15) is 0 Å². The summed E-state index contributed by atoms with van der Waals surface area (Å²) in [6, 6.07) is 27.5. The van der Waals surface area contributed by atoms with Crippen LogP contribution in [0.1, 0.15) is 48.1 Å². The van der Waals surface area contributed by atoms with Gasteiger partial charge in [0.2, 0.25) is 0 Å². The SMILES string of the molecule is C=C/C=C(C=C)/C(=C\c1ccc(C)cc1)C(/C=C\C)=C/C=C.Cc1ccc(C=C=C(C2=CCC(C)C=C2)c2ccccc2)cc1. The van der Waals surface area contributed by atoms with Crippen molar-refractivity contribution in [2.45, 2.75) is 34.1 Å². The van der Waals surface area contributed by atoms with E-state index in [9.17, 15) is 0 Å². The van der Waals surface area contributed by atoms with Crippen molar-refractivity contribution in [3.8, 4) is 0 Å². The Bertz CT molecular complexity index is 1680. The molecule has 0 fully saturated rings. The lowest BCUT2D eigenvalue weighted by molar-refractivity contribution is 0.734. The minimum absolute atomic E-state index is 0.622. The molecule has 0 saturated heterocycles. The molecule has 1 atom stereocenters. The fraction of sp³-hybridized carbons (Fsp3) is 0.133. The zero-order valence-corrected chi connectivity index (χ0v) is 27.3. The summed E-state index contributed by atoms with van der Waals surface area (Å²) in [5.74, 6) is 0.622. The Balaban J connectivity index is 0.000000246. The molecule has 0 N–H and O–H groups in total. The van der Waals surface area contributed by atoms with Gasteiger partial charge in [0, 0.05) is 5.57 Å². The van der Waals surface area contributed by atoms with Crippen LogP contribution in [-0.4, -0.2) is 0 Å². The van der Waals surface area contributed by atoms with Crippen LogP contribution in [0.4, 0.5) is 0 Å². The van der Waals surface area contributed by atoms with Crippen LogP contribution < -0.4 is 0 Å². The average Bonchev–Trinajstić information content (AvgIpc) is 3.06. The summed E-state index contributed by atoms with van der Waals surface area (Å²) in [6.07, 6.45) is 25.6. The zero-order chi connectivity index (χ0) is 32.4. The van der Waals surface area contributed by atoms with E-state index in [1.54, 1.807) is 12.2 Å². The van der Waals surface area contributed by atoms with E-state index in [2.05, 4.69) is 162 Å². The monoisotopic (exact) mass is 586 g/mol. The lowest BCUT2D eigenvalue weighted by Crippen LogP contribution is -1.96. The van der Waals surface area contributed by atoms with Gasteiger partial charge in [0.05, 0.1) is 0 Å². The molecule has 226 valence electrons. The number of hydrogen-bond donors (Lipinski definition) is 0. The van der Waals surface area contributed by atoms with E-state index < -0.39 is 0 Å². The molecule has 0 nitrogen and oxygen atoms in total. The predicted octanol–water partition coefficient (Wildman–Crippen LogP) is 12.6. The first-order chi connectivity index (χ1) is 21.9. The first kappa shape index (κ1) is 34.3. The summed E-state index contributed by atoms with van der Waals surface area (Å²) in [5, 5.41) is 0. The molecule has 0 spiro atoms. The summed E-state index contributed by atoms with van der Waals surface area (Å²) in [6.45, 7) is 20.0. The minimum atomic E-state index is 0.622. The summed E-state index contributed by atoms with van der Waals surface area (Å²) >= 11 is 0. The number of benzene rings is 3. The highest BCUT2D eigenvalue weighted by Gasteiger charge is 2.10. The summed E-state index contributed by atoms with van der Waals surface area (Å²) in [4.78, 5) is 0. The van der Waals surface area contributed by atoms with E-state index >= 15 is 0 Å². The molecule has 1 aliphatic carbocycles. The maximum atomic E-state index is 3.92. The van der Waals surface area contributed by atoms with Gasteiger partial charge >= 0.3 is 0 Å². The molecule has 0 radical (unpaired) electrons. The van der Waals surface area contributed by atoms with Gasteiger partial charge in [-0.1, -0.05) is 177 Å². The van der Waals surface area contributed by atoms with E-state index in [0.29, 0.717) is 5.92 Å². The second kappa shape index (κ2) is 18.5. The van der Waals surface area contributed by atoms with Crippen molar-refractivity contribution in [1.29, 1.82) is 0 Å². The molecule has 0 heteroatoms. The number of aryl methyl sites for hydroxylation is 2. The van der Waals surface area contributed by atoms with Gasteiger partial charge in [0.15, 0.2) is 0 Å². The van der Waals surface area contributed by atoms with Crippen LogP contribution in [0, 0.1) is 19.8 Å². The van der Waals surface area contributed by atoms with Gasteiger partial charge in [-0.25, -0.2) is 0 Å². The van der Waals surface area contributed by atoms with Crippen molar-refractivity contribution in [2.75, 3.05) is 0 Å². The quantitative estimate of drug-likeness (QED) is 0.164. The molecular formula is C45H46. The van der Waals surface area contributed by atoms with E-state index in [1.165, 1.54) is 27.8 Å². The highest BCUT2D eigenvalue weighted by atomic mass is 14.1. The smallest absolute Gasteiger partial charge is 0.0306 e. The number of hydrogen-bond acceptors (Lipinski definition) is 0. The Morgan fingerprint density at radius 3 is 1.91 bits per heavy atom. The molecule has 0 heterocycles. The maximum absolute atomic E-state index is 3.92. The first-order valence-electron chi connectivity index (χ1n) is 15.6. The molecule has 1 aliphatic rings. The highest BCUT2D eigenvalue weighted by Crippen LogP contribution is 2.28. The van der Waals surface area contributed by atoms with Crippen LogP contribution in [0.3, 0.4) is 0 Å². The fourth-order valence-corrected chi connectivity index (χ4v) is 4.77. The summed E-state index contributed by atoms with van der Waals surface area (Å²) in [7, 11) is 0. The van der Waals surface area contributed by atoms with Gasteiger partial charge < -0.3 is 0 Å². The molecule has 0 aliphatic heterocycles. The van der Waals surface area contributed by atoms with E-state index in [0.717, 1.165) is 34.3 Å². The summed E-state index contributed by atoms with van der Waals surface area (Å²) < 4.78 is 0. The largest absolute Gasteiger partial charge is 0.111 e. The highest BCUT2D eigenvalue weighted by molar-refractivity contribution is 5.83. The van der Waals surface area contributed by atoms with Crippen LogP contribution >= 0.6 is 0 Å². The number of rotatable bonds is 10. The Morgan fingerprint density at radius 2 is 1.38 bits per heavy atom. The predicted molar refractivity (Wildman–Crippen MR) is 201 cm³/mol. The summed E-state index contributed by atoms with van der Waals surface area (Å²) in [5.41, 5.74) is 15.2. The zero-order valence-electron chi connectivity index (χ0n) is 27.3. The van der Waals surface area contributed by atoms with Crippen molar-refractivity contribution in [3.63, 3.8) is 0 Å². The van der Waals surface area contributed by atoms with Crippen LogP contribution in [0.25, 0.3) is 17.7 Å². The molecule has 0 aromatic heterocycles. The second-order valence-corrected chi connectivity index (χ2v) is 11.1. The molecule has 3 aromatic rings. The molecule has 4 rings (SSSR count). The first-order valence-corrected chi connectivity index (χ1v) is 15.6. The molecule has 0 amide bonds. The minimum Gasteiger partial charge on any atom is -0.111 e. The molecule has 0 bridgehead atoms. The standard InChI is InChI=1S/C23H22.C22H24/c1-18-8-12-20(13-9-18)14-17-23(21-6-4-3-5-7-21)22-15-10-19(2)11-16-22;1-6-10-20(9-4)22(21(11-7-2)12-8-3)17-19-15-13-18(5)14-16-19/h3-10,12-16,19H,11H2,1-2H3;6-17H,1-2,4H2,3,5H3/b;12-8-,20-10+,21-11+,22-17+. The van der Waals surface area contributed by atoms with Crippen LogP contribution in [0.15, 0.2) is 187 Å². The van der Waals surface area contributed by atoms with Crippen molar-refractivity contribution < 1.29 is 0 Å². The molecule has 3 aromatic carbocycles. The number of allylic oxidation sites excluding steroid dienone is 15. The van der Waals surface area contributed by atoms with E-state index in [-0.39, 0.29) is 0 Å². The van der Waals surface area contributed by atoms with Gasteiger partial charge in [-0.3, -0.25) is 0 Å². The maximum Gasteiger partial charge on any atom is 0.0306 e. The molecule has 1 unspecified atom stereocenters. The molecule has 0 saturated carbocycles. The second-order valence-electron chi connectivity index (χ2n) is 11.1. The van der Waals surface area contributed by atoms with Gasteiger partial charge in [-0.05, 0) is 84.2 Å². The van der Waals surface area contributed by atoms with Crippen molar-refractivity contribution >= 4 is 17.7 Å². The Kier molecular flexibility index (Phi) is 14.1. The van der Waals surface area contributed by atoms with Gasteiger partial charge in [0.1, 0.15) is 0 Å².